The molecule has 2 aliphatic heterocycles. The minimum absolute atomic E-state index is 0.124. The molecule has 3 aliphatic rings. The van der Waals surface area contributed by atoms with E-state index in [-0.39, 0.29) is 29.7 Å². The van der Waals surface area contributed by atoms with Crippen molar-refractivity contribution in [2.45, 2.75) is 57.2 Å². The van der Waals surface area contributed by atoms with Crippen molar-refractivity contribution in [3.63, 3.8) is 0 Å². The van der Waals surface area contributed by atoms with Crippen LogP contribution in [0.4, 0.5) is 4.79 Å². The van der Waals surface area contributed by atoms with E-state index in [2.05, 4.69) is 10.2 Å². The number of amides is 2. The molecule has 2 N–H and O–H groups in total. The Kier molecular flexibility index (Phi) is 6.46. The summed E-state index contributed by atoms with van der Waals surface area (Å²) in [6.07, 6.45) is 3.67. The Hall–Kier alpha value is -2.61. The van der Waals surface area contributed by atoms with Gasteiger partial charge in [0, 0.05) is 43.2 Å². The number of ketones is 1. The Balaban J connectivity index is 1.19. The van der Waals surface area contributed by atoms with E-state index in [1.165, 1.54) is 0 Å². The van der Waals surface area contributed by atoms with E-state index in [1.54, 1.807) is 6.92 Å². The van der Waals surface area contributed by atoms with Crippen LogP contribution in [-0.4, -0.2) is 77.1 Å². The Bertz CT molecular complexity index is 809. The van der Waals surface area contributed by atoms with Gasteiger partial charge in [0.2, 0.25) is 5.91 Å². The molecule has 1 aliphatic carbocycles. The fourth-order valence-corrected chi connectivity index (χ4v) is 4.78. The van der Waals surface area contributed by atoms with E-state index >= 15 is 0 Å². The first-order valence-electron chi connectivity index (χ1n) is 11.2. The van der Waals surface area contributed by atoms with Crippen molar-refractivity contribution >= 4 is 17.8 Å². The van der Waals surface area contributed by atoms with Crippen molar-refractivity contribution in [2.75, 3.05) is 26.2 Å². The number of likely N-dealkylation sites (tertiary alicyclic amines) is 1. The third-order valence-corrected chi connectivity index (χ3v) is 6.50. The summed E-state index contributed by atoms with van der Waals surface area (Å²) in [6, 6.07) is 7.03. The van der Waals surface area contributed by atoms with Gasteiger partial charge in [0.25, 0.3) is 0 Å². The number of nitrogens with zero attached hydrogens (tertiary/aromatic N) is 2. The summed E-state index contributed by atoms with van der Waals surface area (Å²) in [4.78, 5) is 39.8. The lowest BCUT2D eigenvalue weighted by Gasteiger charge is -2.42. The van der Waals surface area contributed by atoms with Gasteiger partial charge < -0.3 is 20.1 Å². The lowest BCUT2D eigenvalue weighted by Crippen LogP contribution is -2.59. The number of hydrogen-bond acceptors (Lipinski definition) is 5. The highest BCUT2D eigenvalue weighted by Crippen LogP contribution is 2.33. The highest BCUT2D eigenvalue weighted by molar-refractivity contribution is 5.99. The number of ether oxygens (including phenoxy) is 1. The maximum absolute atomic E-state index is 12.7. The van der Waals surface area contributed by atoms with Gasteiger partial charge in [-0.1, -0.05) is 0 Å². The van der Waals surface area contributed by atoms with Crippen LogP contribution in [0.15, 0.2) is 24.3 Å². The molecular weight excluding hydrogens is 398 g/mol. The number of piperazine rings is 1. The number of Topliss-reactive ketones (excluding diaryl/α,β-unsaturated/α-hetero) is 1. The molecule has 168 valence electrons. The molecule has 3 fully saturated rings. The van der Waals surface area contributed by atoms with E-state index in [0.29, 0.717) is 6.61 Å². The van der Waals surface area contributed by atoms with Gasteiger partial charge in [-0.3, -0.25) is 14.5 Å². The average Bonchev–Trinajstić information content (AvgIpc) is 3.55. The van der Waals surface area contributed by atoms with Crippen LogP contribution >= 0.6 is 0 Å². The standard InChI is InChI=1S/C23H31N3O5/c1-15(24-23(29)30)22(28)26-18-7-8-19(26)14-25(13-18)11-2-12-31-20-9-5-17(6-10-20)21(27)16-3-4-16/h5-6,9-10,15-16,18-19,24H,2-4,7-8,11-14H2,1H3,(H,29,30)/t15-,18?,19?/m1/s1. The van der Waals surface area contributed by atoms with Gasteiger partial charge in [0.1, 0.15) is 11.8 Å². The lowest BCUT2D eigenvalue weighted by atomic mass is 10.1. The number of fused-ring (bicyclic) bond motifs is 2. The quantitative estimate of drug-likeness (QED) is 0.462. The van der Waals surface area contributed by atoms with Crippen LogP contribution in [0.3, 0.4) is 0 Å². The van der Waals surface area contributed by atoms with Gasteiger partial charge in [-0.05, 0) is 63.3 Å². The normalized spacial score (nSPS) is 24.0. The number of benzene rings is 1. The van der Waals surface area contributed by atoms with Crippen LogP contribution < -0.4 is 10.1 Å². The fourth-order valence-electron chi connectivity index (χ4n) is 4.78. The minimum atomic E-state index is -1.17. The number of rotatable bonds is 9. The van der Waals surface area contributed by atoms with Crippen LogP contribution in [-0.2, 0) is 4.79 Å². The van der Waals surface area contributed by atoms with Crippen molar-refractivity contribution in [1.82, 2.24) is 15.1 Å². The first-order valence-corrected chi connectivity index (χ1v) is 11.2. The predicted octanol–water partition coefficient (Wildman–Crippen LogP) is 2.38. The highest BCUT2D eigenvalue weighted by atomic mass is 16.5. The molecule has 1 aromatic rings. The number of hydrogen-bond donors (Lipinski definition) is 2. The Labute approximate surface area is 182 Å². The number of carboxylic acid groups (broad SMARTS) is 1. The number of nitrogens with one attached hydrogen (secondary N) is 1. The average molecular weight is 430 g/mol. The monoisotopic (exact) mass is 429 g/mol. The van der Waals surface area contributed by atoms with Crippen molar-refractivity contribution < 1.29 is 24.2 Å². The third-order valence-electron chi connectivity index (χ3n) is 6.50. The first kappa shape index (κ1) is 21.6. The Morgan fingerprint density at radius 2 is 1.74 bits per heavy atom. The summed E-state index contributed by atoms with van der Waals surface area (Å²) >= 11 is 0. The fraction of sp³-hybridized carbons (Fsp3) is 0.609. The summed E-state index contributed by atoms with van der Waals surface area (Å²) < 4.78 is 5.84. The van der Waals surface area contributed by atoms with Gasteiger partial charge >= 0.3 is 6.09 Å². The minimum Gasteiger partial charge on any atom is -0.494 e. The van der Waals surface area contributed by atoms with Gasteiger partial charge in [0.05, 0.1) is 6.61 Å². The third kappa shape index (κ3) is 5.18. The van der Waals surface area contributed by atoms with Gasteiger partial charge in [-0.25, -0.2) is 4.79 Å². The van der Waals surface area contributed by atoms with E-state index in [4.69, 9.17) is 9.84 Å². The number of carbonyl (C=O) groups is 3. The second-order valence-electron chi connectivity index (χ2n) is 8.93. The maximum atomic E-state index is 12.7. The molecule has 0 spiro atoms. The molecule has 1 saturated carbocycles. The zero-order valence-corrected chi connectivity index (χ0v) is 18.0. The second-order valence-corrected chi connectivity index (χ2v) is 8.93. The largest absolute Gasteiger partial charge is 0.494 e. The second kappa shape index (κ2) is 9.26. The molecule has 2 heterocycles. The van der Waals surface area contributed by atoms with Crippen LogP contribution in [0.5, 0.6) is 5.75 Å². The lowest BCUT2D eigenvalue weighted by molar-refractivity contribution is -0.138. The van der Waals surface area contributed by atoms with E-state index in [1.807, 2.05) is 29.2 Å². The molecule has 8 nitrogen and oxygen atoms in total. The number of carbonyl (C=O) groups excluding carboxylic acids is 2. The van der Waals surface area contributed by atoms with Crippen LogP contribution in [0.25, 0.3) is 0 Å². The molecule has 4 rings (SSSR count). The molecule has 31 heavy (non-hydrogen) atoms. The molecule has 0 aromatic heterocycles. The molecule has 1 aromatic carbocycles. The molecule has 2 amide bonds. The van der Waals surface area contributed by atoms with Crippen LogP contribution in [0, 0.1) is 5.92 Å². The molecule has 3 atom stereocenters. The van der Waals surface area contributed by atoms with E-state index in [0.717, 1.165) is 63.1 Å². The van der Waals surface area contributed by atoms with Crippen molar-refractivity contribution in [1.29, 1.82) is 0 Å². The smallest absolute Gasteiger partial charge is 0.405 e. The Morgan fingerprint density at radius 1 is 1.10 bits per heavy atom. The molecule has 8 heteroatoms. The van der Waals surface area contributed by atoms with Gasteiger partial charge in [0.15, 0.2) is 5.78 Å². The molecule has 2 saturated heterocycles. The topological polar surface area (TPSA) is 99.2 Å². The van der Waals surface area contributed by atoms with Crippen LogP contribution in [0.2, 0.25) is 0 Å². The zero-order chi connectivity index (χ0) is 22.0. The molecular formula is C23H31N3O5. The SMILES string of the molecule is C[C@@H](NC(=O)O)C(=O)N1C2CCC1CN(CCCOc1ccc(C(=O)C3CC3)cc1)C2. The van der Waals surface area contributed by atoms with Crippen molar-refractivity contribution in [3.8, 4) is 5.75 Å². The van der Waals surface area contributed by atoms with E-state index in [9.17, 15) is 14.4 Å². The van der Waals surface area contributed by atoms with Gasteiger partial charge in [-0.2, -0.15) is 0 Å². The van der Waals surface area contributed by atoms with Crippen molar-refractivity contribution in [2.24, 2.45) is 5.92 Å². The zero-order valence-electron chi connectivity index (χ0n) is 18.0. The molecule has 2 unspecified atom stereocenters. The summed E-state index contributed by atoms with van der Waals surface area (Å²) in [5, 5.41) is 11.1. The molecule has 0 radical (unpaired) electrons. The predicted molar refractivity (Wildman–Crippen MR) is 114 cm³/mol. The highest BCUT2D eigenvalue weighted by Gasteiger charge is 2.43. The summed E-state index contributed by atoms with van der Waals surface area (Å²) in [5.74, 6) is 1.13. The Morgan fingerprint density at radius 3 is 2.32 bits per heavy atom. The van der Waals surface area contributed by atoms with E-state index < -0.39 is 12.1 Å². The van der Waals surface area contributed by atoms with Gasteiger partial charge in [-0.15, -0.1) is 0 Å². The summed E-state index contributed by atoms with van der Waals surface area (Å²) in [5.41, 5.74) is 0.769. The van der Waals surface area contributed by atoms with Crippen LogP contribution in [0.1, 0.15) is 49.4 Å². The first-order chi connectivity index (χ1) is 14.9. The summed E-state index contributed by atoms with van der Waals surface area (Å²) in [6.45, 7) is 4.74. The van der Waals surface area contributed by atoms with Crippen molar-refractivity contribution in [3.05, 3.63) is 29.8 Å². The molecule has 2 bridgehead atoms. The maximum Gasteiger partial charge on any atom is 0.405 e. The summed E-state index contributed by atoms with van der Waals surface area (Å²) in [7, 11) is 0.